The number of nitrogens with two attached hydrogens (primary N) is 1. The average molecular weight is 316 g/mol. The van der Waals surface area contributed by atoms with E-state index < -0.39 is 0 Å². The highest BCUT2D eigenvalue weighted by molar-refractivity contribution is 7.18. The quantitative estimate of drug-likeness (QED) is 0.742. The van der Waals surface area contributed by atoms with Gasteiger partial charge in [-0.1, -0.05) is 0 Å². The van der Waals surface area contributed by atoms with Crippen molar-refractivity contribution in [1.29, 1.82) is 0 Å². The van der Waals surface area contributed by atoms with Crippen molar-refractivity contribution in [2.24, 2.45) is 0 Å². The first-order chi connectivity index (χ1) is 10.1. The number of nitrogens with zero attached hydrogens (tertiary/aromatic N) is 3. The molecule has 0 bridgehead atoms. The van der Waals surface area contributed by atoms with E-state index in [9.17, 15) is 0 Å². The van der Waals surface area contributed by atoms with E-state index in [1.807, 2.05) is 11.3 Å². The van der Waals surface area contributed by atoms with E-state index in [4.69, 9.17) is 5.73 Å². The van der Waals surface area contributed by atoms with Gasteiger partial charge < -0.3 is 10.6 Å². The Morgan fingerprint density at radius 2 is 2.24 bits per heavy atom. The van der Waals surface area contributed by atoms with Crippen LogP contribution in [0.1, 0.15) is 28.3 Å². The number of rotatable bonds is 1. The van der Waals surface area contributed by atoms with Crippen LogP contribution in [0.25, 0.3) is 10.2 Å². The second-order valence-electron chi connectivity index (χ2n) is 5.40. The minimum Gasteiger partial charge on any atom is -0.368 e. The van der Waals surface area contributed by atoms with Crippen LogP contribution in [0.2, 0.25) is 0 Å². The van der Waals surface area contributed by atoms with Crippen LogP contribution in [0, 0.1) is 6.92 Å². The summed E-state index contributed by atoms with van der Waals surface area (Å²) in [6.07, 6.45) is 1.08. The fourth-order valence-corrected chi connectivity index (χ4v) is 4.90. The summed E-state index contributed by atoms with van der Waals surface area (Å²) in [6, 6.07) is 4.74. The van der Waals surface area contributed by atoms with Crippen LogP contribution in [-0.4, -0.2) is 16.5 Å². The van der Waals surface area contributed by atoms with Crippen LogP contribution in [0.15, 0.2) is 17.5 Å². The lowest BCUT2D eigenvalue weighted by Gasteiger charge is -2.35. The Morgan fingerprint density at radius 1 is 1.38 bits per heavy atom. The van der Waals surface area contributed by atoms with Crippen LogP contribution in [0.4, 0.5) is 11.8 Å². The molecule has 0 fully saturated rings. The summed E-state index contributed by atoms with van der Waals surface area (Å²) in [5.41, 5.74) is 7.34. The summed E-state index contributed by atoms with van der Waals surface area (Å²) < 4.78 is 0. The van der Waals surface area contributed by atoms with Crippen LogP contribution < -0.4 is 10.6 Å². The predicted molar refractivity (Wildman–Crippen MR) is 90.3 cm³/mol. The Morgan fingerprint density at radius 3 is 3.10 bits per heavy atom. The minimum atomic E-state index is 0.331. The molecule has 3 aromatic heterocycles. The maximum Gasteiger partial charge on any atom is 0.223 e. The molecule has 6 heteroatoms. The van der Waals surface area contributed by atoms with Crippen molar-refractivity contribution in [1.82, 2.24) is 9.97 Å². The number of anilines is 2. The van der Waals surface area contributed by atoms with E-state index in [2.05, 4.69) is 46.2 Å². The first-order valence-electron chi connectivity index (χ1n) is 7.00. The average Bonchev–Trinajstić information content (AvgIpc) is 3.04. The van der Waals surface area contributed by atoms with Gasteiger partial charge in [-0.15, -0.1) is 22.7 Å². The Hall–Kier alpha value is -1.66. The van der Waals surface area contributed by atoms with Gasteiger partial charge >= 0.3 is 0 Å². The van der Waals surface area contributed by atoms with Gasteiger partial charge in [0, 0.05) is 16.3 Å². The van der Waals surface area contributed by atoms with Gasteiger partial charge in [-0.3, -0.25) is 0 Å². The summed E-state index contributed by atoms with van der Waals surface area (Å²) in [6.45, 7) is 5.33. The highest BCUT2D eigenvalue weighted by atomic mass is 32.1. The van der Waals surface area contributed by atoms with E-state index in [0.717, 1.165) is 29.0 Å². The summed E-state index contributed by atoms with van der Waals surface area (Å²) in [5, 5.41) is 3.31. The summed E-state index contributed by atoms with van der Waals surface area (Å²) >= 11 is 3.53. The Bertz CT molecular complexity index is 820. The molecular weight excluding hydrogens is 300 g/mol. The topological polar surface area (TPSA) is 55.0 Å². The van der Waals surface area contributed by atoms with Crippen LogP contribution in [-0.2, 0) is 6.42 Å². The third-order valence-electron chi connectivity index (χ3n) is 4.06. The first-order valence-corrected chi connectivity index (χ1v) is 8.69. The molecule has 1 atom stereocenters. The molecule has 3 aromatic rings. The van der Waals surface area contributed by atoms with E-state index in [-0.39, 0.29) is 0 Å². The third-order valence-corrected chi connectivity index (χ3v) is 6.00. The normalized spacial score (nSPS) is 18.2. The number of hydrogen-bond acceptors (Lipinski definition) is 6. The number of thiophene rings is 2. The van der Waals surface area contributed by atoms with Crippen molar-refractivity contribution in [2.75, 3.05) is 17.2 Å². The fourth-order valence-electron chi connectivity index (χ4n) is 3.06. The van der Waals surface area contributed by atoms with Crippen molar-refractivity contribution in [3.63, 3.8) is 0 Å². The SMILES string of the molecule is Cc1cc2c(N3CCc4sccc4C3C)nc(N)nc2s1. The summed E-state index contributed by atoms with van der Waals surface area (Å²) in [4.78, 5) is 15.0. The zero-order chi connectivity index (χ0) is 14.6. The Balaban J connectivity index is 1.87. The Kier molecular flexibility index (Phi) is 2.90. The van der Waals surface area contributed by atoms with E-state index in [0.29, 0.717) is 12.0 Å². The molecule has 0 radical (unpaired) electrons. The molecule has 0 saturated heterocycles. The highest BCUT2D eigenvalue weighted by Crippen LogP contribution is 2.39. The molecule has 0 spiro atoms. The van der Waals surface area contributed by atoms with Crippen molar-refractivity contribution in [3.8, 4) is 0 Å². The monoisotopic (exact) mass is 316 g/mol. The fraction of sp³-hybridized carbons (Fsp3) is 0.333. The summed E-state index contributed by atoms with van der Waals surface area (Å²) in [5.74, 6) is 1.34. The summed E-state index contributed by atoms with van der Waals surface area (Å²) in [7, 11) is 0. The van der Waals surface area contributed by atoms with E-state index >= 15 is 0 Å². The van der Waals surface area contributed by atoms with Gasteiger partial charge in [0.2, 0.25) is 5.95 Å². The lowest BCUT2D eigenvalue weighted by atomic mass is 10.0. The number of nitrogen functional groups attached to an aromatic ring is 1. The second-order valence-corrected chi connectivity index (χ2v) is 7.64. The molecule has 4 nitrogen and oxygen atoms in total. The second kappa shape index (κ2) is 4.68. The van der Waals surface area contributed by atoms with Crippen molar-refractivity contribution >= 4 is 44.7 Å². The highest BCUT2D eigenvalue weighted by Gasteiger charge is 2.27. The molecule has 0 saturated carbocycles. The molecule has 4 heterocycles. The third kappa shape index (κ3) is 2.01. The molecule has 0 aliphatic carbocycles. The van der Waals surface area contributed by atoms with Gasteiger partial charge in [0.05, 0.1) is 11.4 Å². The smallest absolute Gasteiger partial charge is 0.223 e. The van der Waals surface area contributed by atoms with E-state index in [1.165, 1.54) is 15.3 Å². The number of aromatic nitrogens is 2. The zero-order valence-corrected chi connectivity index (χ0v) is 13.6. The lowest BCUT2D eigenvalue weighted by Crippen LogP contribution is -2.34. The lowest BCUT2D eigenvalue weighted by molar-refractivity contribution is 0.627. The van der Waals surface area contributed by atoms with E-state index in [1.54, 1.807) is 11.3 Å². The first kappa shape index (κ1) is 13.0. The van der Waals surface area contributed by atoms with Gasteiger partial charge in [0.15, 0.2) is 0 Å². The molecule has 4 rings (SSSR count). The Labute approximate surface area is 131 Å². The van der Waals surface area contributed by atoms with Crippen LogP contribution in [0.5, 0.6) is 0 Å². The molecule has 2 N–H and O–H groups in total. The van der Waals surface area contributed by atoms with Crippen LogP contribution >= 0.6 is 22.7 Å². The molecule has 1 aliphatic rings. The standard InChI is InChI=1S/C15H16N4S2/c1-8-7-11-13(17-15(16)18-14(11)21-8)19-5-3-12-10(9(19)2)4-6-20-12/h4,6-7,9H,3,5H2,1-2H3,(H2,16,17,18). The van der Waals surface area contributed by atoms with Gasteiger partial charge in [0.25, 0.3) is 0 Å². The van der Waals surface area contributed by atoms with Gasteiger partial charge in [-0.2, -0.15) is 4.98 Å². The largest absolute Gasteiger partial charge is 0.368 e. The predicted octanol–water partition coefficient (Wildman–Crippen LogP) is 3.77. The maximum atomic E-state index is 5.92. The molecule has 1 aliphatic heterocycles. The molecule has 0 amide bonds. The number of hydrogen-bond donors (Lipinski definition) is 1. The van der Waals surface area contributed by atoms with Crippen molar-refractivity contribution < 1.29 is 0 Å². The van der Waals surface area contributed by atoms with Crippen LogP contribution in [0.3, 0.4) is 0 Å². The molecular formula is C15H16N4S2. The zero-order valence-electron chi connectivity index (χ0n) is 12.0. The van der Waals surface area contributed by atoms with Gasteiger partial charge in [0.1, 0.15) is 10.6 Å². The molecule has 21 heavy (non-hydrogen) atoms. The number of fused-ring (bicyclic) bond motifs is 2. The molecule has 0 aromatic carbocycles. The number of aryl methyl sites for hydroxylation is 1. The maximum absolute atomic E-state index is 5.92. The van der Waals surface area contributed by atoms with Gasteiger partial charge in [-0.05, 0) is 43.3 Å². The molecule has 1 unspecified atom stereocenters. The minimum absolute atomic E-state index is 0.331. The van der Waals surface area contributed by atoms with Gasteiger partial charge in [-0.25, -0.2) is 4.98 Å². The molecule has 108 valence electrons. The van der Waals surface area contributed by atoms with Crippen molar-refractivity contribution in [2.45, 2.75) is 26.3 Å². The van der Waals surface area contributed by atoms with Crippen molar-refractivity contribution in [3.05, 3.63) is 32.8 Å².